The molecule has 2 N–H and O–H groups in total. The van der Waals surface area contributed by atoms with Crippen LogP contribution < -0.4 is 5.32 Å². The van der Waals surface area contributed by atoms with E-state index < -0.39 is 17.9 Å². The Morgan fingerprint density at radius 1 is 1.44 bits per heavy atom. The normalized spacial score (nSPS) is 12.3. The fourth-order valence-electron chi connectivity index (χ4n) is 1.50. The maximum Gasteiger partial charge on any atom is 0.326 e. The third kappa shape index (κ3) is 4.41. The monoisotopic (exact) mass is 247 g/mol. The lowest BCUT2D eigenvalue weighted by atomic mass is 10.1. The molecule has 1 atom stereocenters. The van der Waals surface area contributed by atoms with E-state index >= 15 is 0 Å². The minimum Gasteiger partial charge on any atom is -0.480 e. The number of carboxylic acids is 1. The molecule has 18 heavy (non-hydrogen) atoms. The number of amides is 1. The standard InChI is InChI=1S/C14H17NO3/c1-3-12(14(17)18)15-13(16)8-7-11-6-4-5-10(2)9-11/h4-9,12H,3H2,1-2H3,(H,15,16)(H,17,18)/t12-/m1/s1. The Bertz CT molecular complexity index is 466. The zero-order chi connectivity index (χ0) is 13.5. The van der Waals surface area contributed by atoms with E-state index in [9.17, 15) is 9.59 Å². The molecule has 1 aromatic rings. The summed E-state index contributed by atoms with van der Waals surface area (Å²) in [6, 6.07) is 6.86. The second-order valence-electron chi connectivity index (χ2n) is 4.06. The molecule has 1 aromatic carbocycles. The number of benzene rings is 1. The third-order valence-corrected chi connectivity index (χ3v) is 2.49. The van der Waals surface area contributed by atoms with Gasteiger partial charge in [0.15, 0.2) is 0 Å². The number of nitrogens with one attached hydrogen (secondary N) is 1. The van der Waals surface area contributed by atoms with E-state index in [2.05, 4.69) is 5.32 Å². The van der Waals surface area contributed by atoms with Gasteiger partial charge in [-0.3, -0.25) is 4.79 Å². The van der Waals surface area contributed by atoms with Crippen LogP contribution in [-0.4, -0.2) is 23.0 Å². The van der Waals surface area contributed by atoms with Crippen molar-refractivity contribution in [2.75, 3.05) is 0 Å². The highest BCUT2D eigenvalue weighted by molar-refractivity contribution is 5.94. The van der Waals surface area contributed by atoms with Crippen LogP contribution in [0, 0.1) is 6.92 Å². The minimum atomic E-state index is -1.02. The van der Waals surface area contributed by atoms with Crippen LogP contribution in [0.25, 0.3) is 6.08 Å². The summed E-state index contributed by atoms with van der Waals surface area (Å²) in [5.41, 5.74) is 2.02. The number of carbonyl (C=O) groups excluding carboxylic acids is 1. The topological polar surface area (TPSA) is 66.4 Å². The van der Waals surface area contributed by atoms with Crippen LogP contribution in [0.1, 0.15) is 24.5 Å². The molecule has 0 aliphatic heterocycles. The lowest BCUT2D eigenvalue weighted by molar-refractivity contribution is -0.141. The highest BCUT2D eigenvalue weighted by Gasteiger charge is 2.15. The summed E-state index contributed by atoms with van der Waals surface area (Å²) in [5.74, 6) is -1.42. The summed E-state index contributed by atoms with van der Waals surface area (Å²) in [7, 11) is 0. The van der Waals surface area contributed by atoms with Gasteiger partial charge in [-0.25, -0.2) is 4.79 Å². The van der Waals surface area contributed by atoms with Gasteiger partial charge in [-0.1, -0.05) is 36.8 Å². The second-order valence-corrected chi connectivity index (χ2v) is 4.06. The Labute approximate surface area is 106 Å². The highest BCUT2D eigenvalue weighted by Crippen LogP contribution is 2.05. The van der Waals surface area contributed by atoms with E-state index in [-0.39, 0.29) is 0 Å². The molecule has 0 radical (unpaired) electrons. The van der Waals surface area contributed by atoms with Crippen LogP contribution in [0.15, 0.2) is 30.3 Å². The molecule has 0 aliphatic rings. The smallest absolute Gasteiger partial charge is 0.326 e. The molecular weight excluding hydrogens is 230 g/mol. The fraction of sp³-hybridized carbons (Fsp3) is 0.286. The molecule has 0 fully saturated rings. The number of aliphatic carboxylic acids is 1. The summed E-state index contributed by atoms with van der Waals surface area (Å²) in [5, 5.41) is 11.2. The number of aryl methyl sites for hydroxylation is 1. The number of carbonyl (C=O) groups is 2. The van der Waals surface area contributed by atoms with E-state index in [0.29, 0.717) is 6.42 Å². The average molecular weight is 247 g/mol. The number of carboxylic acid groups (broad SMARTS) is 1. The Morgan fingerprint density at radius 3 is 2.72 bits per heavy atom. The van der Waals surface area contributed by atoms with Crippen LogP contribution >= 0.6 is 0 Å². The summed E-state index contributed by atoms with van der Waals surface area (Å²) in [6.45, 7) is 3.68. The molecule has 0 heterocycles. The van der Waals surface area contributed by atoms with Crippen molar-refractivity contribution in [2.24, 2.45) is 0 Å². The average Bonchev–Trinajstić information content (AvgIpc) is 2.33. The highest BCUT2D eigenvalue weighted by atomic mass is 16.4. The number of rotatable bonds is 5. The van der Waals surface area contributed by atoms with Crippen molar-refractivity contribution in [1.82, 2.24) is 5.32 Å². The van der Waals surface area contributed by atoms with Crippen LogP contribution in [0.3, 0.4) is 0 Å². The zero-order valence-corrected chi connectivity index (χ0v) is 10.5. The molecule has 0 unspecified atom stereocenters. The maximum atomic E-state index is 11.5. The van der Waals surface area contributed by atoms with Gasteiger partial charge in [-0.15, -0.1) is 0 Å². The molecule has 0 saturated carbocycles. The van der Waals surface area contributed by atoms with Crippen LogP contribution in [-0.2, 0) is 9.59 Å². The zero-order valence-electron chi connectivity index (χ0n) is 10.5. The third-order valence-electron chi connectivity index (χ3n) is 2.49. The molecule has 0 aliphatic carbocycles. The summed E-state index contributed by atoms with van der Waals surface area (Å²) in [4.78, 5) is 22.3. The molecule has 0 aromatic heterocycles. The van der Waals surface area contributed by atoms with Gasteiger partial charge in [-0.05, 0) is 25.0 Å². The lowest BCUT2D eigenvalue weighted by Gasteiger charge is -2.09. The second kappa shape index (κ2) is 6.59. The first-order valence-electron chi connectivity index (χ1n) is 5.81. The van der Waals surface area contributed by atoms with E-state index in [1.54, 1.807) is 13.0 Å². The first kappa shape index (κ1) is 14.0. The van der Waals surface area contributed by atoms with E-state index in [4.69, 9.17) is 5.11 Å². The summed E-state index contributed by atoms with van der Waals surface area (Å²) in [6.07, 6.45) is 3.37. The lowest BCUT2D eigenvalue weighted by Crippen LogP contribution is -2.39. The summed E-state index contributed by atoms with van der Waals surface area (Å²) < 4.78 is 0. The summed E-state index contributed by atoms with van der Waals surface area (Å²) >= 11 is 0. The van der Waals surface area contributed by atoms with E-state index in [0.717, 1.165) is 11.1 Å². The first-order chi connectivity index (χ1) is 8.52. The van der Waals surface area contributed by atoms with Crippen LogP contribution in [0.2, 0.25) is 0 Å². The SMILES string of the molecule is CC[C@@H](NC(=O)C=Cc1cccc(C)c1)C(=O)O. The molecule has 1 rings (SSSR count). The van der Waals surface area contributed by atoms with Crippen molar-refractivity contribution in [3.8, 4) is 0 Å². The van der Waals surface area contributed by atoms with Gasteiger partial charge in [-0.2, -0.15) is 0 Å². The Hall–Kier alpha value is -2.10. The number of hydrogen-bond donors (Lipinski definition) is 2. The van der Waals surface area contributed by atoms with Gasteiger partial charge < -0.3 is 10.4 Å². The molecule has 96 valence electrons. The van der Waals surface area contributed by atoms with Gasteiger partial charge in [0, 0.05) is 6.08 Å². The number of hydrogen-bond acceptors (Lipinski definition) is 2. The van der Waals surface area contributed by atoms with Gasteiger partial charge in [0.25, 0.3) is 0 Å². The fourth-order valence-corrected chi connectivity index (χ4v) is 1.50. The van der Waals surface area contributed by atoms with Crippen molar-refractivity contribution < 1.29 is 14.7 Å². The van der Waals surface area contributed by atoms with Crippen molar-refractivity contribution in [3.05, 3.63) is 41.5 Å². The van der Waals surface area contributed by atoms with Crippen molar-refractivity contribution in [1.29, 1.82) is 0 Å². The molecule has 0 saturated heterocycles. The predicted octanol–water partition coefficient (Wildman–Crippen LogP) is 1.99. The molecule has 4 heteroatoms. The molecule has 0 spiro atoms. The Balaban J connectivity index is 2.62. The largest absolute Gasteiger partial charge is 0.480 e. The molecular formula is C14H17NO3. The van der Waals surface area contributed by atoms with Gasteiger partial charge in [0.05, 0.1) is 0 Å². The van der Waals surface area contributed by atoms with Crippen LogP contribution in [0.4, 0.5) is 0 Å². The molecule has 1 amide bonds. The van der Waals surface area contributed by atoms with Gasteiger partial charge in [0.1, 0.15) is 6.04 Å². The molecule has 4 nitrogen and oxygen atoms in total. The van der Waals surface area contributed by atoms with E-state index in [1.807, 2.05) is 31.2 Å². The van der Waals surface area contributed by atoms with E-state index in [1.165, 1.54) is 6.08 Å². The first-order valence-corrected chi connectivity index (χ1v) is 5.81. The van der Waals surface area contributed by atoms with Crippen molar-refractivity contribution in [2.45, 2.75) is 26.3 Å². The Kier molecular flexibility index (Phi) is 5.11. The molecule has 0 bridgehead atoms. The predicted molar refractivity (Wildman–Crippen MR) is 70.1 cm³/mol. The Morgan fingerprint density at radius 2 is 2.17 bits per heavy atom. The van der Waals surface area contributed by atoms with Crippen molar-refractivity contribution >= 4 is 18.0 Å². The van der Waals surface area contributed by atoms with Crippen molar-refractivity contribution in [3.63, 3.8) is 0 Å². The quantitative estimate of drug-likeness (QED) is 0.782. The van der Waals surface area contributed by atoms with Crippen LogP contribution in [0.5, 0.6) is 0 Å². The maximum absolute atomic E-state index is 11.5. The van der Waals surface area contributed by atoms with Gasteiger partial charge in [0.2, 0.25) is 5.91 Å². The van der Waals surface area contributed by atoms with Gasteiger partial charge >= 0.3 is 5.97 Å². The minimum absolute atomic E-state index is 0.360.